The van der Waals surface area contributed by atoms with Crippen molar-refractivity contribution >= 4 is 74.3 Å². The van der Waals surface area contributed by atoms with Crippen molar-refractivity contribution in [2.45, 2.75) is 6.42 Å². The molecular formula is C21H22Cl2N6O2S. The number of thiophene rings is 1. The number of hydrogen-bond donors (Lipinski definition) is 3. The van der Waals surface area contributed by atoms with Crippen molar-refractivity contribution in [3.63, 3.8) is 0 Å². The summed E-state index contributed by atoms with van der Waals surface area (Å²) in [5, 5.41) is 8.82. The van der Waals surface area contributed by atoms with Crippen LogP contribution in [0.3, 0.4) is 0 Å². The summed E-state index contributed by atoms with van der Waals surface area (Å²) in [6.45, 7) is 1.52. The van der Waals surface area contributed by atoms with Gasteiger partial charge in [-0.2, -0.15) is 0 Å². The van der Waals surface area contributed by atoms with E-state index < -0.39 is 6.03 Å². The number of fused-ring (bicyclic) bond motifs is 1. The minimum absolute atomic E-state index is 0.165. The number of carbonyl (C=O) groups excluding carboxylic acids is 2. The normalized spacial score (nSPS) is 11.3. The number of aromatic nitrogens is 2. The number of nitrogens with one attached hydrogen (secondary N) is 3. The predicted octanol–water partition coefficient (Wildman–Crippen LogP) is 4.72. The Hall–Kier alpha value is -2.72. The first-order chi connectivity index (χ1) is 15.3. The second kappa shape index (κ2) is 11.2. The summed E-state index contributed by atoms with van der Waals surface area (Å²) in [4.78, 5) is 35.7. The predicted molar refractivity (Wildman–Crippen MR) is 132 cm³/mol. The molecule has 2 aromatic heterocycles. The van der Waals surface area contributed by atoms with Gasteiger partial charge >= 0.3 is 6.03 Å². The molecule has 0 saturated heterocycles. The van der Waals surface area contributed by atoms with Crippen LogP contribution in [0.5, 0.6) is 0 Å². The molecular weight excluding hydrogens is 471 g/mol. The zero-order chi connectivity index (χ0) is 23.1. The SMILES string of the molecule is CN(C)CCCNC(=O)C=Cc1cc2ncnc(NC(=O)Nc3c(Cl)cccc3Cl)c2s1. The molecule has 0 spiro atoms. The van der Waals surface area contributed by atoms with Gasteiger partial charge in [-0.05, 0) is 51.3 Å². The van der Waals surface area contributed by atoms with Crippen LogP contribution < -0.4 is 16.0 Å². The number of amides is 3. The lowest BCUT2D eigenvalue weighted by molar-refractivity contribution is -0.116. The number of carbonyl (C=O) groups is 2. The monoisotopic (exact) mass is 492 g/mol. The molecule has 0 aliphatic carbocycles. The summed E-state index contributed by atoms with van der Waals surface area (Å²) in [6, 6.07) is 6.23. The van der Waals surface area contributed by atoms with Crippen LogP contribution in [0.4, 0.5) is 16.3 Å². The molecule has 0 atom stereocenters. The van der Waals surface area contributed by atoms with E-state index in [1.165, 1.54) is 23.7 Å². The molecule has 0 radical (unpaired) electrons. The van der Waals surface area contributed by atoms with Crippen LogP contribution in [0.25, 0.3) is 16.3 Å². The van der Waals surface area contributed by atoms with Crippen LogP contribution >= 0.6 is 34.5 Å². The van der Waals surface area contributed by atoms with Gasteiger partial charge in [-0.1, -0.05) is 29.3 Å². The van der Waals surface area contributed by atoms with Crippen molar-refractivity contribution in [2.24, 2.45) is 0 Å². The minimum Gasteiger partial charge on any atom is -0.353 e. The van der Waals surface area contributed by atoms with Crippen LogP contribution in [-0.4, -0.2) is 54.0 Å². The van der Waals surface area contributed by atoms with Crippen LogP contribution in [0.15, 0.2) is 36.7 Å². The molecule has 3 N–H and O–H groups in total. The van der Waals surface area contributed by atoms with Crippen LogP contribution in [0.2, 0.25) is 10.0 Å². The summed E-state index contributed by atoms with van der Waals surface area (Å²) in [6.07, 6.45) is 5.42. The third-order valence-corrected chi connectivity index (χ3v) is 5.97. The molecule has 3 amide bonds. The van der Waals surface area contributed by atoms with Gasteiger partial charge in [0, 0.05) is 17.5 Å². The van der Waals surface area contributed by atoms with Crippen molar-refractivity contribution in [2.75, 3.05) is 37.8 Å². The Bertz CT molecular complexity index is 1130. The third-order valence-electron chi connectivity index (χ3n) is 4.24. The Labute approximate surface area is 199 Å². The fourth-order valence-electron chi connectivity index (χ4n) is 2.74. The van der Waals surface area contributed by atoms with Crippen LogP contribution in [0, 0.1) is 0 Å². The van der Waals surface area contributed by atoms with E-state index in [4.69, 9.17) is 23.2 Å². The van der Waals surface area contributed by atoms with E-state index in [1.54, 1.807) is 24.3 Å². The van der Waals surface area contributed by atoms with Crippen molar-refractivity contribution in [1.29, 1.82) is 0 Å². The molecule has 0 aliphatic rings. The zero-order valence-electron chi connectivity index (χ0n) is 17.5. The maximum absolute atomic E-state index is 12.5. The first kappa shape index (κ1) is 23.9. The molecule has 3 rings (SSSR count). The standard InChI is InChI=1S/C21H22Cl2N6O2S/c1-29(2)10-4-9-24-17(30)8-7-13-11-16-19(32-13)20(26-12-25-16)28-21(31)27-18-14(22)5-3-6-15(18)23/h3,5-8,11-12H,4,9-10H2,1-2H3,(H,24,30)(H2,25,26,27,28,31). The van der Waals surface area contributed by atoms with Crippen LogP contribution in [0.1, 0.15) is 11.3 Å². The summed E-state index contributed by atoms with van der Waals surface area (Å²) >= 11 is 13.6. The molecule has 168 valence electrons. The molecule has 11 heteroatoms. The number of nitrogens with zero attached hydrogens (tertiary/aromatic N) is 3. The van der Waals surface area contributed by atoms with Crippen molar-refractivity contribution in [1.82, 2.24) is 20.2 Å². The summed E-state index contributed by atoms with van der Waals surface area (Å²) in [5.41, 5.74) is 0.965. The number of urea groups is 1. The highest BCUT2D eigenvalue weighted by Crippen LogP contribution is 2.32. The van der Waals surface area contributed by atoms with Gasteiger partial charge in [0.2, 0.25) is 5.91 Å². The van der Waals surface area contributed by atoms with Crippen molar-refractivity contribution in [3.05, 3.63) is 51.6 Å². The molecule has 2 heterocycles. The number of rotatable bonds is 8. The number of benzene rings is 1. The Morgan fingerprint density at radius 3 is 2.62 bits per heavy atom. The molecule has 0 unspecified atom stereocenters. The molecule has 0 aliphatic heterocycles. The molecule has 32 heavy (non-hydrogen) atoms. The van der Waals surface area contributed by atoms with E-state index in [0.717, 1.165) is 17.8 Å². The van der Waals surface area contributed by atoms with E-state index in [2.05, 4.69) is 30.8 Å². The van der Waals surface area contributed by atoms with Crippen molar-refractivity contribution in [3.8, 4) is 0 Å². The second-order valence-corrected chi connectivity index (χ2v) is 8.94. The topological polar surface area (TPSA) is 99.2 Å². The largest absolute Gasteiger partial charge is 0.353 e. The highest BCUT2D eigenvalue weighted by atomic mass is 35.5. The van der Waals surface area contributed by atoms with Crippen molar-refractivity contribution < 1.29 is 9.59 Å². The average molecular weight is 493 g/mol. The fraction of sp³-hybridized carbons (Fsp3) is 0.238. The average Bonchev–Trinajstić information content (AvgIpc) is 3.17. The Balaban J connectivity index is 1.66. The molecule has 8 nitrogen and oxygen atoms in total. The highest BCUT2D eigenvalue weighted by molar-refractivity contribution is 7.20. The first-order valence-electron chi connectivity index (χ1n) is 9.70. The van der Waals surface area contributed by atoms with Crippen LogP contribution in [-0.2, 0) is 4.79 Å². The van der Waals surface area contributed by atoms with E-state index in [0.29, 0.717) is 38.3 Å². The van der Waals surface area contributed by atoms with Gasteiger partial charge < -0.3 is 15.5 Å². The smallest absolute Gasteiger partial charge is 0.324 e. The molecule has 0 fully saturated rings. The second-order valence-electron chi connectivity index (χ2n) is 7.04. The van der Waals surface area contributed by atoms with E-state index in [1.807, 2.05) is 20.2 Å². The molecule has 0 bridgehead atoms. The Morgan fingerprint density at radius 1 is 1.16 bits per heavy atom. The molecule has 0 saturated carbocycles. The zero-order valence-corrected chi connectivity index (χ0v) is 19.8. The number of para-hydroxylation sites is 1. The molecule has 3 aromatic rings. The van der Waals surface area contributed by atoms with Gasteiger partial charge in [-0.25, -0.2) is 14.8 Å². The molecule has 1 aromatic carbocycles. The number of anilines is 2. The lowest BCUT2D eigenvalue weighted by Crippen LogP contribution is -2.25. The van der Waals surface area contributed by atoms with Gasteiger partial charge in [-0.15, -0.1) is 11.3 Å². The maximum atomic E-state index is 12.5. The van der Waals surface area contributed by atoms with Gasteiger partial charge in [-0.3, -0.25) is 10.1 Å². The third kappa shape index (κ3) is 6.64. The van der Waals surface area contributed by atoms with E-state index >= 15 is 0 Å². The minimum atomic E-state index is -0.539. The van der Waals surface area contributed by atoms with Gasteiger partial charge in [0.1, 0.15) is 6.33 Å². The van der Waals surface area contributed by atoms with Gasteiger partial charge in [0.05, 0.1) is 25.9 Å². The van der Waals surface area contributed by atoms with Gasteiger partial charge in [0.15, 0.2) is 5.82 Å². The summed E-state index contributed by atoms with van der Waals surface area (Å²) < 4.78 is 0.680. The number of halogens is 2. The first-order valence-corrected chi connectivity index (χ1v) is 11.3. The Morgan fingerprint density at radius 2 is 1.91 bits per heavy atom. The maximum Gasteiger partial charge on any atom is 0.324 e. The quantitative estimate of drug-likeness (QED) is 0.312. The number of hydrogen-bond acceptors (Lipinski definition) is 6. The lowest BCUT2D eigenvalue weighted by Gasteiger charge is -2.10. The van der Waals surface area contributed by atoms with E-state index in [-0.39, 0.29) is 5.91 Å². The summed E-state index contributed by atoms with van der Waals surface area (Å²) in [5.74, 6) is 0.176. The van der Waals surface area contributed by atoms with E-state index in [9.17, 15) is 9.59 Å². The van der Waals surface area contributed by atoms with Gasteiger partial charge in [0.25, 0.3) is 0 Å². The summed E-state index contributed by atoms with van der Waals surface area (Å²) in [7, 11) is 3.98. The highest BCUT2D eigenvalue weighted by Gasteiger charge is 2.13. The fourth-order valence-corrected chi connectivity index (χ4v) is 4.19. The Kier molecular flexibility index (Phi) is 8.40. The lowest BCUT2D eigenvalue weighted by atomic mass is 10.3.